The van der Waals surface area contributed by atoms with Gasteiger partial charge in [0.25, 0.3) is 10.0 Å². The van der Waals surface area contributed by atoms with Crippen LogP contribution in [0.3, 0.4) is 0 Å². The van der Waals surface area contributed by atoms with Crippen molar-refractivity contribution in [1.82, 2.24) is 0 Å². The molecule has 0 spiro atoms. The van der Waals surface area contributed by atoms with E-state index in [4.69, 9.17) is 5.11 Å². The lowest BCUT2D eigenvalue weighted by Gasteiger charge is -2.22. The van der Waals surface area contributed by atoms with Gasteiger partial charge in [-0.15, -0.1) is 11.3 Å². The number of thiophene rings is 1. The van der Waals surface area contributed by atoms with E-state index >= 15 is 0 Å². The molecule has 6 heteroatoms. The Labute approximate surface area is 129 Å². The highest BCUT2D eigenvalue weighted by molar-refractivity contribution is 7.94. The molecule has 0 bridgehead atoms. The highest BCUT2D eigenvalue weighted by atomic mass is 32.2. The first-order valence-electron chi connectivity index (χ1n) is 6.78. The maximum absolute atomic E-state index is 12.8. The quantitative estimate of drug-likeness (QED) is 0.888. The lowest BCUT2D eigenvalue weighted by Crippen LogP contribution is -2.30. The highest BCUT2D eigenvalue weighted by Gasteiger charge is 2.25. The van der Waals surface area contributed by atoms with Gasteiger partial charge in [-0.05, 0) is 43.7 Å². The van der Waals surface area contributed by atoms with Crippen molar-refractivity contribution in [3.8, 4) is 0 Å². The van der Waals surface area contributed by atoms with Crippen LogP contribution in [0.5, 0.6) is 0 Å². The molecular formula is C15H19NO3S2. The molecular weight excluding hydrogens is 306 g/mol. The smallest absolute Gasteiger partial charge is 0.273 e. The molecule has 0 aliphatic rings. The van der Waals surface area contributed by atoms with E-state index in [-0.39, 0.29) is 6.61 Å². The summed E-state index contributed by atoms with van der Waals surface area (Å²) in [7, 11) is -3.55. The fourth-order valence-electron chi connectivity index (χ4n) is 2.12. The van der Waals surface area contributed by atoms with Crippen molar-refractivity contribution in [1.29, 1.82) is 0 Å². The number of aryl methyl sites for hydroxylation is 1. The normalized spacial score (nSPS) is 11.6. The molecule has 21 heavy (non-hydrogen) atoms. The summed E-state index contributed by atoms with van der Waals surface area (Å²) in [5.41, 5.74) is 1.70. The van der Waals surface area contributed by atoms with Gasteiger partial charge >= 0.3 is 0 Å². The minimum absolute atomic E-state index is 0.0232. The predicted molar refractivity (Wildman–Crippen MR) is 86.5 cm³/mol. The lowest BCUT2D eigenvalue weighted by molar-refractivity contribution is 0.300. The first kappa shape index (κ1) is 16.0. The Kier molecular flexibility index (Phi) is 5.03. The van der Waals surface area contributed by atoms with Crippen molar-refractivity contribution >= 4 is 27.0 Å². The molecule has 2 rings (SSSR count). The van der Waals surface area contributed by atoms with Gasteiger partial charge in [-0.25, -0.2) is 8.42 Å². The third-order valence-electron chi connectivity index (χ3n) is 3.12. The van der Waals surface area contributed by atoms with Crippen LogP contribution in [-0.2, 0) is 16.4 Å². The molecule has 4 nitrogen and oxygen atoms in total. The van der Waals surface area contributed by atoms with Crippen LogP contribution in [0, 0.1) is 6.92 Å². The molecule has 1 heterocycles. The van der Waals surface area contributed by atoms with Crippen LogP contribution in [0.1, 0.15) is 17.4 Å². The van der Waals surface area contributed by atoms with Crippen LogP contribution in [0.4, 0.5) is 5.69 Å². The van der Waals surface area contributed by atoms with Gasteiger partial charge in [-0.1, -0.05) is 12.1 Å². The summed E-state index contributed by atoms with van der Waals surface area (Å²) in [4.78, 5) is 0.872. The molecule has 1 N–H and O–H groups in total. The average molecular weight is 325 g/mol. The van der Waals surface area contributed by atoms with Gasteiger partial charge in [0.1, 0.15) is 4.21 Å². The zero-order chi connectivity index (χ0) is 15.5. The van der Waals surface area contributed by atoms with Crippen molar-refractivity contribution in [3.05, 3.63) is 46.8 Å². The van der Waals surface area contributed by atoms with Crippen molar-refractivity contribution in [2.45, 2.75) is 24.5 Å². The summed E-state index contributed by atoms with van der Waals surface area (Å²) in [5.74, 6) is 0. The largest absolute Gasteiger partial charge is 0.396 e. The summed E-state index contributed by atoms with van der Waals surface area (Å²) < 4.78 is 27.3. The summed E-state index contributed by atoms with van der Waals surface area (Å²) >= 11 is 1.22. The molecule has 0 unspecified atom stereocenters. The second-order valence-electron chi connectivity index (χ2n) is 4.70. The number of rotatable bonds is 6. The molecule has 1 aromatic heterocycles. The van der Waals surface area contributed by atoms with Gasteiger partial charge in [-0.3, -0.25) is 4.31 Å². The molecule has 0 saturated heterocycles. The number of nitrogens with zero attached hydrogens (tertiary/aromatic N) is 1. The zero-order valence-electron chi connectivity index (χ0n) is 12.1. The maximum Gasteiger partial charge on any atom is 0.273 e. The number of hydrogen-bond donors (Lipinski definition) is 1. The van der Waals surface area contributed by atoms with E-state index in [1.807, 2.05) is 32.0 Å². The number of benzene rings is 1. The lowest BCUT2D eigenvalue weighted by atomic mass is 10.2. The van der Waals surface area contributed by atoms with Gasteiger partial charge in [-0.2, -0.15) is 0 Å². The predicted octanol–water partition coefficient (Wildman–Crippen LogP) is 2.81. The van der Waals surface area contributed by atoms with E-state index in [1.165, 1.54) is 15.6 Å². The SMILES string of the molecule is CCN(c1cccc(C)c1)S(=O)(=O)c1ccc(CCO)s1. The van der Waals surface area contributed by atoms with Gasteiger partial charge in [0.15, 0.2) is 0 Å². The van der Waals surface area contributed by atoms with E-state index in [0.717, 1.165) is 10.4 Å². The topological polar surface area (TPSA) is 57.6 Å². The van der Waals surface area contributed by atoms with Crippen molar-refractivity contribution < 1.29 is 13.5 Å². The van der Waals surface area contributed by atoms with Crippen LogP contribution < -0.4 is 4.31 Å². The molecule has 1 aromatic carbocycles. The standard InChI is InChI=1S/C15H19NO3S2/c1-3-16(13-6-4-5-12(2)11-13)21(18,19)15-8-7-14(20-15)9-10-17/h4-8,11,17H,3,9-10H2,1-2H3. The molecule has 0 radical (unpaired) electrons. The van der Waals surface area contributed by atoms with Gasteiger partial charge in [0, 0.05) is 24.4 Å². The molecule has 114 valence electrons. The van der Waals surface area contributed by atoms with E-state index in [9.17, 15) is 8.42 Å². The van der Waals surface area contributed by atoms with Crippen LogP contribution >= 0.6 is 11.3 Å². The number of sulfonamides is 1. The van der Waals surface area contributed by atoms with Gasteiger partial charge < -0.3 is 5.11 Å². The Hall–Kier alpha value is -1.37. The van der Waals surface area contributed by atoms with Crippen molar-refractivity contribution in [2.24, 2.45) is 0 Å². The third-order valence-corrected chi connectivity index (χ3v) is 6.63. The average Bonchev–Trinajstić information content (AvgIpc) is 2.89. The molecule has 0 aliphatic heterocycles. The highest BCUT2D eigenvalue weighted by Crippen LogP contribution is 2.29. The fourth-order valence-corrected chi connectivity index (χ4v) is 5.05. The number of aliphatic hydroxyl groups excluding tert-OH is 1. The molecule has 0 fully saturated rings. The molecule has 0 atom stereocenters. The van der Waals surface area contributed by atoms with Crippen LogP contribution in [0.25, 0.3) is 0 Å². The Morgan fingerprint density at radius 2 is 2.00 bits per heavy atom. The Morgan fingerprint density at radius 1 is 1.24 bits per heavy atom. The Morgan fingerprint density at radius 3 is 2.62 bits per heavy atom. The minimum Gasteiger partial charge on any atom is -0.396 e. The second kappa shape index (κ2) is 6.60. The Bertz CT molecular complexity index is 707. The van der Waals surface area contributed by atoms with E-state index in [0.29, 0.717) is 22.9 Å². The second-order valence-corrected chi connectivity index (χ2v) is 7.96. The first-order chi connectivity index (χ1) is 9.98. The van der Waals surface area contributed by atoms with Crippen LogP contribution in [0.15, 0.2) is 40.6 Å². The van der Waals surface area contributed by atoms with Crippen molar-refractivity contribution in [3.63, 3.8) is 0 Å². The summed E-state index contributed by atoms with van der Waals surface area (Å²) in [6.45, 7) is 4.16. The van der Waals surface area contributed by atoms with E-state index < -0.39 is 10.0 Å². The van der Waals surface area contributed by atoms with Crippen LogP contribution in [-0.4, -0.2) is 26.7 Å². The van der Waals surface area contributed by atoms with Gasteiger partial charge in [0.2, 0.25) is 0 Å². The minimum atomic E-state index is -3.55. The number of hydrogen-bond acceptors (Lipinski definition) is 4. The molecule has 0 saturated carbocycles. The first-order valence-corrected chi connectivity index (χ1v) is 9.03. The Balaban J connectivity index is 2.39. The van der Waals surface area contributed by atoms with E-state index in [2.05, 4.69) is 0 Å². The number of aliphatic hydroxyl groups is 1. The summed E-state index contributed by atoms with van der Waals surface area (Å²) in [6.07, 6.45) is 0.483. The van der Waals surface area contributed by atoms with E-state index in [1.54, 1.807) is 18.2 Å². The maximum atomic E-state index is 12.8. The fraction of sp³-hybridized carbons (Fsp3) is 0.333. The van der Waals surface area contributed by atoms with Crippen LogP contribution in [0.2, 0.25) is 0 Å². The molecule has 0 aliphatic carbocycles. The molecule has 0 amide bonds. The third kappa shape index (κ3) is 3.45. The monoisotopic (exact) mass is 325 g/mol. The summed E-state index contributed by atoms with van der Waals surface area (Å²) in [5, 5.41) is 8.94. The van der Waals surface area contributed by atoms with Gasteiger partial charge in [0.05, 0.1) is 5.69 Å². The molecule has 2 aromatic rings. The number of anilines is 1. The zero-order valence-corrected chi connectivity index (χ0v) is 13.7. The van der Waals surface area contributed by atoms with Crippen molar-refractivity contribution in [2.75, 3.05) is 17.5 Å². The summed E-state index contributed by atoms with van der Waals surface area (Å²) in [6, 6.07) is 10.8.